The van der Waals surface area contributed by atoms with E-state index in [1.54, 1.807) is 0 Å². The Kier molecular flexibility index (Phi) is 5.32. The minimum atomic E-state index is 0.274. The Balaban J connectivity index is 2.14. The first kappa shape index (κ1) is 16.4. The molecule has 0 saturated heterocycles. The average Bonchev–Trinajstić information content (AvgIpc) is 2.43. The van der Waals surface area contributed by atoms with Gasteiger partial charge in [-0.05, 0) is 54.8 Å². The summed E-state index contributed by atoms with van der Waals surface area (Å²) in [6.07, 6.45) is 3.95. The molecule has 1 N–H and O–H groups in total. The Bertz CT molecular complexity index is 453. The minimum absolute atomic E-state index is 0.274. The van der Waals surface area contributed by atoms with Crippen LogP contribution in [0.2, 0.25) is 0 Å². The van der Waals surface area contributed by atoms with Crippen molar-refractivity contribution in [2.24, 2.45) is 5.41 Å². The maximum absolute atomic E-state index is 6.38. The van der Waals surface area contributed by atoms with Crippen molar-refractivity contribution < 1.29 is 4.74 Å². The van der Waals surface area contributed by atoms with E-state index in [9.17, 15) is 0 Å². The van der Waals surface area contributed by atoms with Crippen LogP contribution in [0.25, 0.3) is 0 Å². The average molecular weight is 289 g/mol. The first-order valence-electron chi connectivity index (χ1n) is 8.44. The normalized spacial score (nSPS) is 25.0. The van der Waals surface area contributed by atoms with Gasteiger partial charge in [-0.2, -0.15) is 0 Å². The minimum Gasteiger partial charge on any atom is -0.489 e. The Morgan fingerprint density at radius 2 is 2.10 bits per heavy atom. The maximum atomic E-state index is 6.38. The van der Waals surface area contributed by atoms with E-state index in [1.165, 1.54) is 18.4 Å². The lowest BCUT2D eigenvalue weighted by atomic mass is 9.71. The Morgan fingerprint density at radius 3 is 2.76 bits per heavy atom. The number of ether oxygens (including phenoxy) is 1. The summed E-state index contributed by atoms with van der Waals surface area (Å²) in [6.45, 7) is 12.4. The first-order chi connectivity index (χ1) is 9.94. The van der Waals surface area contributed by atoms with E-state index in [0.717, 1.165) is 18.7 Å². The van der Waals surface area contributed by atoms with Crippen molar-refractivity contribution in [3.05, 3.63) is 29.8 Å². The molecule has 118 valence electrons. The van der Waals surface area contributed by atoms with E-state index in [4.69, 9.17) is 4.74 Å². The molecule has 1 aromatic rings. The standard InChI is InChI=1S/C19H31NO/c1-6-20-18-17(11-8-12-19(18,4)5)21-16-10-7-9-15(13-16)14(2)3/h7,9-10,13-14,17-18,20H,6,8,11-12H2,1-5H3. The number of rotatable bonds is 5. The highest BCUT2D eigenvalue weighted by Crippen LogP contribution is 2.37. The van der Waals surface area contributed by atoms with Crippen LogP contribution < -0.4 is 10.1 Å². The Labute approximate surface area is 130 Å². The maximum Gasteiger partial charge on any atom is 0.120 e. The molecule has 0 amide bonds. The van der Waals surface area contributed by atoms with Gasteiger partial charge in [-0.15, -0.1) is 0 Å². The van der Waals surface area contributed by atoms with Gasteiger partial charge >= 0.3 is 0 Å². The first-order valence-corrected chi connectivity index (χ1v) is 8.44. The molecule has 1 saturated carbocycles. The third-order valence-corrected chi connectivity index (χ3v) is 4.76. The van der Waals surface area contributed by atoms with Gasteiger partial charge in [0.1, 0.15) is 11.9 Å². The second-order valence-electron chi connectivity index (χ2n) is 7.30. The number of hydrogen-bond acceptors (Lipinski definition) is 2. The van der Waals surface area contributed by atoms with Crippen LogP contribution in [-0.4, -0.2) is 18.7 Å². The van der Waals surface area contributed by atoms with Crippen molar-refractivity contribution in [1.82, 2.24) is 5.32 Å². The summed E-state index contributed by atoms with van der Waals surface area (Å²) in [5, 5.41) is 3.66. The van der Waals surface area contributed by atoms with Crippen LogP contribution in [0.15, 0.2) is 24.3 Å². The lowest BCUT2D eigenvalue weighted by molar-refractivity contribution is 0.0372. The molecule has 0 bridgehead atoms. The van der Waals surface area contributed by atoms with Gasteiger partial charge in [-0.25, -0.2) is 0 Å². The summed E-state index contributed by atoms with van der Waals surface area (Å²) < 4.78 is 6.38. The molecule has 0 aliphatic heterocycles. The number of hydrogen-bond donors (Lipinski definition) is 1. The van der Waals surface area contributed by atoms with Crippen molar-refractivity contribution in [2.75, 3.05) is 6.54 Å². The van der Waals surface area contributed by atoms with Crippen LogP contribution in [0.5, 0.6) is 5.75 Å². The molecule has 2 heteroatoms. The lowest BCUT2D eigenvalue weighted by Crippen LogP contribution is -2.54. The molecule has 0 spiro atoms. The van der Waals surface area contributed by atoms with E-state index in [0.29, 0.717) is 17.4 Å². The highest BCUT2D eigenvalue weighted by atomic mass is 16.5. The molecule has 0 aromatic heterocycles. The fourth-order valence-corrected chi connectivity index (χ4v) is 3.46. The topological polar surface area (TPSA) is 21.3 Å². The van der Waals surface area contributed by atoms with Gasteiger partial charge in [0.25, 0.3) is 0 Å². The monoisotopic (exact) mass is 289 g/mol. The molecule has 1 aliphatic carbocycles. The fourth-order valence-electron chi connectivity index (χ4n) is 3.46. The highest BCUT2D eigenvalue weighted by molar-refractivity contribution is 5.30. The van der Waals surface area contributed by atoms with E-state index in [-0.39, 0.29) is 6.10 Å². The fraction of sp³-hybridized carbons (Fsp3) is 0.684. The second kappa shape index (κ2) is 6.83. The zero-order valence-electron chi connectivity index (χ0n) is 14.3. The summed E-state index contributed by atoms with van der Waals surface area (Å²) in [4.78, 5) is 0. The zero-order valence-corrected chi connectivity index (χ0v) is 14.3. The molecular weight excluding hydrogens is 258 g/mol. The summed E-state index contributed by atoms with van der Waals surface area (Å²) in [7, 11) is 0. The van der Waals surface area contributed by atoms with E-state index < -0.39 is 0 Å². The Morgan fingerprint density at radius 1 is 1.33 bits per heavy atom. The third kappa shape index (κ3) is 4.00. The molecule has 2 atom stereocenters. The van der Waals surface area contributed by atoms with Gasteiger partial charge in [-0.1, -0.05) is 46.8 Å². The van der Waals surface area contributed by atoms with Gasteiger partial charge in [-0.3, -0.25) is 0 Å². The predicted octanol–water partition coefficient (Wildman–Crippen LogP) is 4.75. The van der Waals surface area contributed by atoms with Gasteiger partial charge in [0.05, 0.1) is 0 Å². The lowest BCUT2D eigenvalue weighted by Gasteiger charge is -2.44. The third-order valence-electron chi connectivity index (χ3n) is 4.76. The van der Waals surface area contributed by atoms with Crippen LogP contribution in [0.1, 0.15) is 65.4 Å². The summed E-state index contributed by atoms with van der Waals surface area (Å²) in [6, 6.07) is 9.02. The van der Waals surface area contributed by atoms with Gasteiger partial charge in [0, 0.05) is 6.04 Å². The SMILES string of the molecule is CCNC1C(Oc2cccc(C(C)C)c2)CCCC1(C)C. The molecule has 1 aliphatic rings. The number of benzene rings is 1. The molecule has 0 radical (unpaired) electrons. The van der Waals surface area contributed by atoms with E-state index >= 15 is 0 Å². The predicted molar refractivity (Wildman–Crippen MR) is 90.0 cm³/mol. The molecule has 21 heavy (non-hydrogen) atoms. The van der Waals surface area contributed by atoms with Crippen molar-refractivity contribution in [2.45, 2.75) is 71.9 Å². The van der Waals surface area contributed by atoms with Crippen LogP contribution >= 0.6 is 0 Å². The molecule has 2 rings (SSSR count). The molecule has 0 heterocycles. The zero-order chi connectivity index (χ0) is 15.5. The van der Waals surface area contributed by atoms with Crippen LogP contribution in [-0.2, 0) is 0 Å². The molecule has 2 nitrogen and oxygen atoms in total. The summed E-state index contributed by atoms with van der Waals surface area (Å²) >= 11 is 0. The van der Waals surface area contributed by atoms with E-state index in [2.05, 4.69) is 64.2 Å². The molecule has 2 unspecified atom stereocenters. The quantitative estimate of drug-likeness (QED) is 0.845. The van der Waals surface area contributed by atoms with E-state index in [1.807, 2.05) is 0 Å². The molecule has 1 fully saturated rings. The number of likely N-dealkylation sites (N-methyl/N-ethyl adjacent to an activating group) is 1. The summed E-state index contributed by atoms with van der Waals surface area (Å²) in [5.41, 5.74) is 1.65. The highest BCUT2D eigenvalue weighted by Gasteiger charge is 2.39. The van der Waals surface area contributed by atoms with Crippen molar-refractivity contribution in [1.29, 1.82) is 0 Å². The molecular formula is C19H31NO. The van der Waals surface area contributed by atoms with Crippen molar-refractivity contribution in [3.63, 3.8) is 0 Å². The number of nitrogens with one attached hydrogen (secondary N) is 1. The van der Waals surface area contributed by atoms with Crippen LogP contribution in [0, 0.1) is 5.41 Å². The largest absolute Gasteiger partial charge is 0.489 e. The van der Waals surface area contributed by atoms with Gasteiger partial charge < -0.3 is 10.1 Å². The second-order valence-corrected chi connectivity index (χ2v) is 7.30. The van der Waals surface area contributed by atoms with Crippen LogP contribution in [0.4, 0.5) is 0 Å². The van der Waals surface area contributed by atoms with Crippen molar-refractivity contribution in [3.8, 4) is 5.75 Å². The molecule has 1 aromatic carbocycles. The van der Waals surface area contributed by atoms with Gasteiger partial charge in [0.15, 0.2) is 0 Å². The van der Waals surface area contributed by atoms with Crippen LogP contribution in [0.3, 0.4) is 0 Å². The Hall–Kier alpha value is -1.02. The van der Waals surface area contributed by atoms with Gasteiger partial charge in [0.2, 0.25) is 0 Å². The van der Waals surface area contributed by atoms with Crippen molar-refractivity contribution >= 4 is 0 Å². The summed E-state index contributed by atoms with van der Waals surface area (Å²) in [5.74, 6) is 1.56. The smallest absolute Gasteiger partial charge is 0.120 e.